The largest absolute Gasteiger partial charge is 0.268 e. The smallest absolute Gasteiger partial charge is 0.246 e. The van der Waals surface area contributed by atoms with Gasteiger partial charge in [0.1, 0.15) is 17.3 Å². The summed E-state index contributed by atoms with van der Waals surface area (Å²) >= 11 is 1.56. The first kappa shape index (κ1) is 17.7. The van der Waals surface area contributed by atoms with E-state index in [1.165, 1.54) is 0 Å². The van der Waals surface area contributed by atoms with Crippen molar-refractivity contribution in [2.24, 2.45) is 0 Å². The van der Waals surface area contributed by atoms with E-state index in [1.807, 2.05) is 30.5 Å². The van der Waals surface area contributed by atoms with Crippen LogP contribution in [0.2, 0.25) is 0 Å². The Morgan fingerprint density at radius 3 is 2.56 bits per heavy atom. The third kappa shape index (κ3) is 3.78. The molecule has 3 aromatic rings. The Hall–Kier alpha value is -2.10. The molecule has 2 heterocycles. The van der Waals surface area contributed by atoms with Crippen LogP contribution in [0.3, 0.4) is 0 Å². The van der Waals surface area contributed by atoms with Crippen molar-refractivity contribution in [2.45, 2.75) is 18.4 Å². The van der Waals surface area contributed by atoms with E-state index < -0.39 is 26.6 Å². The molecule has 5 nitrogen and oxygen atoms in total. The van der Waals surface area contributed by atoms with Gasteiger partial charge in [-0.05, 0) is 36.6 Å². The van der Waals surface area contributed by atoms with Gasteiger partial charge in [0.05, 0.1) is 11.4 Å². The van der Waals surface area contributed by atoms with Gasteiger partial charge in [-0.2, -0.15) is 5.10 Å². The van der Waals surface area contributed by atoms with Gasteiger partial charge >= 0.3 is 0 Å². The molecule has 3 rings (SSSR count). The minimum Gasteiger partial charge on any atom is -0.268 e. The number of sulfonamides is 1. The fourth-order valence-electron chi connectivity index (χ4n) is 2.38. The molecule has 0 saturated carbocycles. The summed E-state index contributed by atoms with van der Waals surface area (Å²) in [6, 6.07) is 8.69. The fraction of sp³-hybridized carbons (Fsp3) is 0.188. The van der Waals surface area contributed by atoms with E-state index in [0.717, 1.165) is 34.5 Å². The summed E-state index contributed by atoms with van der Waals surface area (Å²) in [5.41, 5.74) is 1.66. The zero-order chi connectivity index (χ0) is 18.0. The van der Waals surface area contributed by atoms with E-state index in [4.69, 9.17) is 0 Å². The number of hydrogen-bond donors (Lipinski definition) is 1. The van der Waals surface area contributed by atoms with Gasteiger partial charge in [-0.3, -0.25) is 4.68 Å². The van der Waals surface area contributed by atoms with Gasteiger partial charge in [-0.15, -0.1) is 11.3 Å². The highest BCUT2D eigenvalue weighted by Gasteiger charge is 2.23. The molecule has 0 atom stereocenters. The van der Waals surface area contributed by atoms with Crippen LogP contribution in [0.4, 0.5) is 8.78 Å². The number of thiophene rings is 1. The number of benzene rings is 1. The summed E-state index contributed by atoms with van der Waals surface area (Å²) in [4.78, 5) is 0.0438. The standard InChI is InChI=1S/C16H15F2N3O2S2/c1-11-10-14(15-6-3-9-24-15)20-21(11)8-7-19-25(22,23)16-12(17)4-2-5-13(16)18/h2-6,9-10,19H,7-8H2,1H3. The molecule has 0 bridgehead atoms. The number of rotatable bonds is 6. The van der Waals surface area contributed by atoms with Crippen molar-refractivity contribution < 1.29 is 17.2 Å². The van der Waals surface area contributed by atoms with Gasteiger partial charge in [0.15, 0.2) is 4.90 Å². The molecule has 9 heteroatoms. The summed E-state index contributed by atoms with van der Waals surface area (Å²) in [7, 11) is -4.28. The SMILES string of the molecule is Cc1cc(-c2cccs2)nn1CCNS(=O)(=O)c1c(F)cccc1F. The number of nitrogens with one attached hydrogen (secondary N) is 1. The molecule has 0 fully saturated rings. The predicted octanol–water partition coefficient (Wildman–Crippen LogP) is 3.18. The average molecular weight is 383 g/mol. The van der Waals surface area contributed by atoms with E-state index >= 15 is 0 Å². The van der Waals surface area contributed by atoms with Gasteiger partial charge in [-0.25, -0.2) is 21.9 Å². The lowest BCUT2D eigenvalue weighted by atomic mass is 10.3. The molecule has 1 N–H and O–H groups in total. The molecule has 0 aliphatic heterocycles. The van der Waals surface area contributed by atoms with E-state index in [1.54, 1.807) is 16.0 Å². The van der Waals surface area contributed by atoms with Crippen molar-refractivity contribution in [2.75, 3.05) is 6.54 Å². The second-order valence-corrected chi connectivity index (χ2v) is 7.97. The van der Waals surface area contributed by atoms with Crippen molar-refractivity contribution in [3.8, 4) is 10.6 Å². The fourth-order valence-corrected chi connectivity index (χ4v) is 4.21. The van der Waals surface area contributed by atoms with Gasteiger partial charge in [0.25, 0.3) is 0 Å². The topological polar surface area (TPSA) is 64.0 Å². The second kappa shape index (κ2) is 7.03. The van der Waals surface area contributed by atoms with Gasteiger partial charge in [0, 0.05) is 12.2 Å². The van der Waals surface area contributed by atoms with Crippen LogP contribution in [0.15, 0.2) is 46.7 Å². The summed E-state index contributed by atoms with van der Waals surface area (Å²) in [5.74, 6) is -2.24. The quantitative estimate of drug-likeness (QED) is 0.711. The van der Waals surface area contributed by atoms with Crippen LogP contribution in [0, 0.1) is 18.6 Å². The van der Waals surface area contributed by atoms with E-state index in [2.05, 4.69) is 9.82 Å². The third-order valence-electron chi connectivity index (χ3n) is 3.56. The highest BCUT2D eigenvalue weighted by Crippen LogP contribution is 2.24. The summed E-state index contributed by atoms with van der Waals surface area (Å²) in [6.07, 6.45) is 0. The second-order valence-electron chi connectivity index (χ2n) is 5.32. The van der Waals surface area contributed by atoms with Crippen LogP contribution < -0.4 is 4.72 Å². The molecule has 0 aliphatic carbocycles. The minimum absolute atomic E-state index is 0.0392. The Bertz CT molecular complexity index is 963. The Labute approximate surface area is 148 Å². The van der Waals surface area contributed by atoms with Crippen LogP contribution in [-0.2, 0) is 16.6 Å². The monoisotopic (exact) mass is 383 g/mol. The molecule has 0 spiro atoms. The van der Waals surface area contributed by atoms with E-state index in [0.29, 0.717) is 0 Å². The Balaban J connectivity index is 1.71. The van der Waals surface area contributed by atoms with Crippen molar-refractivity contribution >= 4 is 21.4 Å². The predicted molar refractivity (Wildman–Crippen MR) is 91.8 cm³/mol. The Kier molecular flexibility index (Phi) is 4.98. The third-order valence-corrected chi connectivity index (χ3v) is 5.96. The minimum atomic E-state index is -4.28. The van der Waals surface area contributed by atoms with Crippen LogP contribution in [0.25, 0.3) is 10.6 Å². The van der Waals surface area contributed by atoms with Crippen molar-refractivity contribution in [3.05, 3.63) is 59.1 Å². The highest BCUT2D eigenvalue weighted by molar-refractivity contribution is 7.89. The lowest BCUT2D eigenvalue weighted by Crippen LogP contribution is -2.29. The maximum absolute atomic E-state index is 13.6. The number of hydrogen-bond acceptors (Lipinski definition) is 4. The molecule has 25 heavy (non-hydrogen) atoms. The summed E-state index contributed by atoms with van der Waals surface area (Å²) in [6.45, 7) is 2.06. The maximum Gasteiger partial charge on any atom is 0.246 e. The first-order valence-corrected chi connectivity index (χ1v) is 9.77. The zero-order valence-corrected chi connectivity index (χ0v) is 14.9. The maximum atomic E-state index is 13.6. The number of halogens is 2. The molecule has 132 valence electrons. The Morgan fingerprint density at radius 2 is 1.92 bits per heavy atom. The lowest BCUT2D eigenvalue weighted by molar-refractivity contribution is 0.509. The van der Waals surface area contributed by atoms with Gasteiger partial charge < -0.3 is 0 Å². The van der Waals surface area contributed by atoms with Crippen LogP contribution in [0.1, 0.15) is 5.69 Å². The molecule has 1 aromatic carbocycles. The molecule has 0 radical (unpaired) electrons. The number of nitrogens with zero attached hydrogens (tertiary/aromatic N) is 2. The normalized spacial score (nSPS) is 11.8. The molecule has 0 saturated heterocycles. The first-order valence-electron chi connectivity index (χ1n) is 7.40. The molecular weight excluding hydrogens is 368 g/mol. The first-order chi connectivity index (χ1) is 11.9. The molecule has 2 aromatic heterocycles. The van der Waals surface area contributed by atoms with Crippen molar-refractivity contribution in [1.29, 1.82) is 0 Å². The molecular formula is C16H15F2N3O2S2. The lowest BCUT2D eigenvalue weighted by Gasteiger charge is -2.09. The average Bonchev–Trinajstić information content (AvgIpc) is 3.17. The van der Waals surface area contributed by atoms with Crippen molar-refractivity contribution in [3.63, 3.8) is 0 Å². The summed E-state index contributed by atoms with van der Waals surface area (Å²) in [5, 5.41) is 6.37. The van der Waals surface area contributed by atoms with Crippen LogP contribution in [0.5, 0.6) is 0 Å². The molecule has 0 unspecified atom stereocenters. The van der Waals surface area contributed by atoms with Crippen molar-refractivity contribution in [1.82, 2.24) is 14.5 Å². The van der Waals surface area contributed by atoms with E-state index in [9.17, 15) is 17.2 Å². The number of aromatic nitrogens is 2. The Morgan fingerprint density at radius 1 is 1.20 bits per heavy atom. The highest BCUT2D eigenvalue weighted by atomic mass is 32.2. The van der Waals surface area contributed by atoms with Gasteiger partial charge in [-0.1, -0.05) is 12.1 Å². The van der Waals surface area contributed by atoms with Crippen LogP contribution >= 0.6 is 11.3 Å². The molecule has 0 aliphatic rings. The van der Waals surface area contributed by atoms with Crippen LogP contribution in [-0.4, -0.2) is 24.7 Å². The molecule has 0 amide bonds. The van der Waals surface area contributed by atoms with Gasteiger partial charge in [0.2, 0.25) is 10.0 Å². The number of aryl methyl sites for hydroxylation is 1. The summed E-state index contributed by atoms with van der Waals surface area (Å²) < 4.78 is 55.4. The van der Waals surface area contributed by atoms with E-state index in [-0.39, 0.29) is 13.1 Å². The zero-order valence-electron chi connectivity index (χ0n) is 13.2.